The number of furan rings is 2. The van der Waals surface area contributed by atoms with Crippen molar-refractivity contribution in [3.63, 3.8) is 0 Å². The van der Waals surface area contributed by atoms with Crippen molar-refractivity contribution in [2.24, 2.45) is 10.2 Å². The van der Waals surface area contributed by atoms with Crippen LogP contribution in [0, 0.1) is 0 Å². The minimum atomic E-state index is -0.407. The molecule has 2 N–H and O–H groups in total. The molecule has 8 nitrogen and oxygen atoms in total. The zero-order chi connectivity index (χ0) is 25.3. The summed E-state index contributed by atoms with van der Waals surface area (Å²) in [6.07, 6.45) is 2.71. The second kappa shape index (κ2) is 12.3. The Morgan fingerprint density at radius 2 is 1.03 bits per heavy atom. The fraction of sp³-hybridized carbons (Fsp3) is 0.0769. The molecule has 0 atom stereocenters. The molecule has 4 aromatic rings. The second-order valence-electron chi connectivity index (χ2n) is 7.50. The van der Waals surface area contributed by atoms with Gasteiger partial charge in [0.25, 0.3) is 0 Å². The lowest BCUT2D eigenvalue weighted by Crippen LogP contribution is -2.22. The first-order valence-corrected chi connectivity index (χ1v) is 12.4. The van der Waals surface area contributed by atoms with Crippen LogP contribution in [0.5, 0.6) is 0 Å². The maximum atomic E-state index is 12.0. The third-order valence-electron chi connectivity index (χ3n) is 4.85. The molecule has 36 heavy (non-hydrogen) atoms. The van der Waals surface area contributed by atoms with Crippen LogP contribution in [0.25, 0.3) is 22.6 Å². The van der Waals surface area contributed by atoms with Crippen molar-refractivity contribution in [2.75, 3.05) is 0 Å². The van der Waals surface area contributed by atoms with Crippen molar-refractivity contribution >= 4 is 56.1 Å². The molecule has 182 valence electrons. The zero-order valence-electron chi connectivity index (χ0n) is 18.8. The SMILES string of the molecule is O=C(CCC(=O)N/N=C/c1ccc(-c2ccc(Br)cc2)o1)N/N=C/c1ccc(-c2ccc(Br)cc2)o1. The maximum Gasteiger partial charge on any atom is 0.240 e. The summed E-state index contributed by atoms with van der Waals surface area (Å²) in [5.41, 5.74) is 6.60. The first kappa shape index (κ1) is 25.3. The molecule has 2 aromatic carbocycles. The number of amides is 2. The van der Waals surface area contributed by atoms with Crippen LogP contribution >= 0.6 is 31.9 Å². The van der Waals surface area contributed by atoms with Gasteiger partial charge in [0.2, 0.25) is 11.8 Å². The van der Waals surface area contributed by atoms with Gasteiger partial charge in [0.05, 0.1) is 12.4 Å². The number of hydrogen-bond donors (Lipinski definition) is 2. The molecule has 0 aliphatic carbocycles. The molecule has 2 amide bonds. The van der Waals surface area contributed by atoms with Gasteiger partial charge in [-0.3, -0.25) is 9.59 Å². The van der Waals surface area contributed by atoms with Gasteiger partial charge in [-0.25, -0.2) is 10.9 Å². The third-order valence-corrected chi connectivity index (χ3v) is 5.91. The van der Waals surface area contributed by atoms with E-state index >= 15 is 0 Å². The molecule has 4 rings (SSSR count). The van der Waals surface area contributed by atoms with E-state index in [1.54, 1.807) is 12.1 Å². The third kappa shape index (κ3) is 7.37. The van der Waals surface area contributed by atoms with Gasteiger partial charge in [0.15, 0.2) is 0 Å². The summed E-state index contributed by atoms with van der Waals surface area (Å²) in [5.74, 6) is 1.53. The molecule has 0 spiro atoms. The van der Waals surface area contributed by atoms with Crippen LogP contribution in [-0.4, -0.2) is 24.2 Å². The van der Waals surface area contributed by atoms with Crippen molar-refractivity contribution in [3.05, 3.63) is 93.3 Å². The predicted octanol–water partition coefficient (Wildman–Crippen LogP) is 6.11. The van der Waals surface area contributed by atoms with Crippen molar-refractivity contribution in [1.29, 1.82) is 0 Å². The van der Waals surface area contributed by atoms with Crippen LogP contribution in [0.1, 0.15) is 24.4 Å². The largest absolute Gasteiger partial charge is 0.455 e. The molecule has 0 aliphatic rings. The van der Waals surface area contributed by atoms with Crippen LogP contribution in [0.15, 0.2) is 101 Å². The Balaban J connectivity index is 1.17. The molecule has 2 heterocycles. The number of nitrogens with zero attached hydrogens (tertiary/aromatic N) is 2. The van der Waals surface area contributed by atoms with Gasteiger partial charge in [-0.15, -0.1) is 0 Å². The van der Waals surface area contributed by atoms with Crippen LogP contribution in [0.3, 0.4) is 0 Å². The molecule has 10 heteroatoms. The van der Waals surface area contributed by atoms with Crippen LogP contribution in [-0.2, 0) is 9.59 Å². The summed E-state index contributed by atoms with van der Waals surface area (Å²) in [6, 6.07) is 22.5. The Morgan fingerprint density at radius 3 is 1.42 bits per heavy atom. The Labute approximate surface area is 223 Å². The van der Waals surface area contributed by atoms with Gasteiger partial charge in [-0.1, -0.05) is 56.1 Å². The van der Waals surface area contributed by atoms with Gasteiger partial charge in [0.1, 0.15) is 23.0 Å². The molecule has 0 radical (unpaired) electrons. The number of benzene rings is 2. The minimum absolute atomic E-state index is 0.0462. The maximum absolute atomic E-state index is 12.0. The van der Waals surface area contributed by atoms with Crippen molar-refractivity contribution in [3.8, 4) is 22.6 Å². The van der Waals surface area contributed by atoms with Gasteiger partial charge in [-0.05, 0) is 48.5 Å². The molecule has 0 saturated carbocycles. The van der Waals surface area contributed by atoms with E-state index in [9.17, 15) is 9.59 Å². The minimum Gasteiger partial charge on any atom is -0.455 e. The quantitative estimate of drug-likeness (QED) is 0.176. The Kier molecular flexibility index (Phi) is 8.64. The van der Waals surface area contributed by atoms with E-state index in [1.165, 1.54) is 12.4 Å². The smallest absolute Gasteiger partial charge is 0.240 e. The topological polar surface area (TPSA) is 109 Å². The zero-order valence-corrected chi connectivity index (χ0v) is 22.0. The highest BCUT2D eigenvalue weighted by atomic mass is 79.9. The standard InChI is InChI=1S/C26H20Br2N4O4/c27-19-5-1-17(2-6-19)23-11-9-21(35-23)15-29-31-25(33)13-14-26(34)32-30-16-22-10-12-24(36-22)18-3-7-20(28)8-4-18/h1-12,15-16H,13-14H2,(H,31,33)(H,32,34)/b29-15+,30-16+. The lowest BCUT2D eigenvalue weighted by molar-refractivity contribution is -0.126. The number of hydrogen-bond acceptors (Lipinski definition) is 6. The number of hydrazone groups is 2. The highest BCUT2D eigenvalue weighted by molar-refractivity contribution is 9.10. The van der Waals surface area contributed by atoms with Crippen LogP contribution in [0.2, 0.25) is 0 Å². The summed E-state index contributed by atoms with van der Waals surface area (Å²) in [4.78, 5) is 23.9. The summed E-state index contributed by atoms with van der Waals surface area (Å²) in [7, 11) is 0. The Hall–Kier alpha value is -3.76. The molecule has 0 saturated heterocycles. The molecule has 0 bridgehead atoms. The Bertz CT molecular complexity index is 1280. The highest BCUT2D eigenvalue weighted by Crippen LogP contribution is 2.24. The van der Waals surface area contributed by atoms with E-state index in [1.807, 2.05) is 60.7 Å². The number of nitrogens with one attached hydrogen (secondary N) is 2. The fourth-order valence-electron chi connectivity index (χ4n) is 3.06. The number of carbonyl (C=O) groups excluding carboxylic acids is 2. The summed E-state index contributed by atoms with van der Waals surface area (Å²) in [6.45, 7) is 0. The van der Waals surface area contributed by atoms with Gasteiger partial charge < -0.3 is 8.83 Å². The summed E-state index contributed by atoms with van der Waals surface area (Å²) >= 11 is 6.79. The predicted molar refractivity (Wildman–Crippen MR) is 144 cm³/mol. The second-order valence-corrected chi connectivity index (χ2v) is 9.34. The van der Waals surface area contributed by atoms with Crippen LogP contribution in [0.4, 0.5) is 0 Å². The van der Waals surface area contributed by atoms with E-state index in [4.69, 9.17) is 8.83 Å². The first-order valence-electron chi connectivity index (χ1n) is 10.8. The molecule has 0 fully saturated rings. The lowest BCUT2D eigenvalue weighted by Gasteiger charge is -1.99. The van der Waals surface area contributed by atoms with Gasteiger partial charge in [0, 0.05) is 32.9 Å². The van der Waals surface area contributed by atoms with Crippen molar-refractivity contribution in [1.82, 2.24) is 10.9 Å². The van der Waals surface area contributed by atoms with Crippen molar-refractivity contribution in [2.45, 2.75) is 12.8 Å². The highest BCUT2D eigenvalue weighted by Gasteiger charge is 2.07. The molecular formula is C26H20Br2N4O4. The van der Waals surface area contributed by atoms with E-state index in [2.05, 4.69) is 52.9 Å². The molecule has 2 aromatic heterocycles. The number of halogens is 2. The number of carbonyl (C=O) groups is 2. The van der Waals surface area contributed by atoms with E-state index in [0.717, 1.165) is 20.1 Å². The van der Waals surface area contributed by atoms with Gasteiger partial charge in [-0.2, -0.15) is 10.2 Å². The molecule has 0 aliphatic heterocycles. The van der Waals surface area contributed by atoms with Gasteiger partial charge >= 0.3 is 0 Å². The Morgan fingerprint density at radius 1 is 0.639 bits per heavy atom. The fourth-order valence-corrected chi connectivity index (χ4v) is 3.59. The lowest BCUT2D eigenvalue weighted by atomic mass is 10.2. The average molecular weight is 612 g/mol. The van der Waals surface area contributed by atoms with E-state index < -0.39 is 11.8 Å². The van der Waals surface area contributed by atoms with Crippen LogP contribution < -0.4 is 10.9 Å². The molecular weight excluding hydrogens is 592 g/mol. The van der Waals surface area contributed by atoms with E-state index in [0.29, 0.717) is 23.0 Å². The summed E-state index contributed by atoms with van der Waals surface area (Å²) < 4.78 is 13.3. The average Bonchev–Trinajstić information content (AvgIpc) is 3.54. The molecule has 0 unspecified atom stereocenters. The van der Waals surface area contributed by atoms with Crippen molar-refractivity contribution < 1.29 is 18.4 Å². The number of rotatable bonds is 9. The first-order chi connectivity index (χ1) is 17.5. The monoisotopic (exact) mass is 610 g/mol. The normalized spacial score (nSPS) is 11.3. The summed E-state index contributed by atoms with van der Waals surface area (Å²) in [5, 5.41) is 7.74. The van der Waals surface area contributed by atoms with E-state index in [-0.39, 0.29) is 12.8 Å².